The van der Waals surface area contributed by atoms with E-state index in [2.05, 4.69) is 5.32 Å². The number of hydrogen-bond acceptors (Lipinski definition) is 4. The lowest BCUT2D eigenvalue weighted by molar-refractivity contribution is 0.0168. The summed E-state index contributed by atoms with van der Waals surface area (Å²) >= 11 is 1.71. The van der Waals surface area contributed by atoms with Crippen LogP contribution in [0.15, 0.2) is 11.4 Å². The van der Waals surface area contributed by atoms with E-state index in [1.54, 1.807) is 11.3 Å². The Hall–Kier alpha value is -0.580. The van der Waals surface area contributed by atoms with Crippen LogP contribution in [0.3, 0.4) is 0 Å². The highest BCUT2D eigenvalue weighted by molar-refractivity contribution is 7.10. The standard InChI is InChI=1S/C11H18N2OS/c12-10-4-6-15-11(10)8-13-7-9-3-1-2-5-14-9/h4,6,9,13H,1-3,5,7-8,12H2. The van der Waals surface area contributed by atoms with Crippen molar-refractivity contribution < 1.29 is 4.74 Å². The van der Waals surface area contributed by atoms with Crippen molar-refractivity contribution in [2.75, 3.05) is 18.9 Å². The van der Waals surface area contributed by atoms with E-state index >= 15 is 0 Å². The van der Waals surface area contributed by atoms with E-state index in [4.69, 9.17) is 10.5 Å². The van der Waals surface area contributed by atoms with Crippen LogP contribution in [0.25, 0.3) is 0 Å². The molecule has 3 N–H and O–H groups in total. The van der Waals surface area contributed by atoms with Gasteiger partial charge in [-0.2, -0.15) is 0 Å². The fourth-order valence-electron chi connectivity index (χ4n) is 1.81. The number of nitrogen functional groups attached to an aromatic ring is 1. The van der Waals surface area contributed by atoms with Crippen molar-refractivity contribution >= 4 is 17.0 Å². The number of nitrogens with one attached hydrogen (secondary N) is 1. The summed E-state index contributed by atoms with van der Waals surface area (Å²) in [4.78, 5) is 1.23. The van der Waals surface area contributed by atoms with Gasteiger partial charge in [-0.05, 0) is 30.7 Å². The molecule has 1 unspecified atom stereocenters. The average Bonchev–Trinajstić information content (AvgIpc) is 2.66. The first kappa shape index (κ1) is 10.9. The zero-order valence-corrected chi connectivity index (χ0v) is 9.69. The molecular formula is C11H18N2OS. The van der Waals surface area contributed by atoms with E-state index in [0.717, 1.165) is 25.4 Å². The fraction of sp³-hybridized carbons (Fsp3) is 0.636. The lowest BCUT2D eigenvalue weighted by Gasteiger charge is -2.22. The molecule has 1 aromatic rings. The van der Waals surface area contributed by atoms with Gasteiger partial charge in [0.25, 0.3) is 0 Å². The first-order valence-electron chi connectivity index (χ1n) is 5.50. The molecule has 0 radical (unpaired) electrons. The second-order valence-corrected chi connectivity index (χ2v) is 4.92. The molecule has 3 nitrogen and oxygen atoms in total. The third-order valence-electron chi connectivity index (χ3n) is 2.71. The molecule has 0 aromatic carbocycles. The number of thiophene rings is 1. The van der Waals surface area contributed by atoms with Crippen LogP contribution in [-0.4, -0.2) is 19.3 Å². The van der Waals surface area contributed by atoms with Crippen LogP contribution in [0, 0.1) is 0 Å². The molecule has 0 amide bonds. The van der Waals surface area contributed by atoms with Gasteiger partial charge < -0.3 is 15.8 Å². The number of ether oxygens (including phenoxy) is 1. The minimum absolute atomic E-state index is 0.403. The Bertz CT molecular complexity index is 295. The second-order valence-electron chi connectivity index (χ2n) is 3.92. The fourth-order valence-corrected chi connectivity index (χ4v) is 2.58. The van der Waals surface area contributed by atoms with Gasteiger partial charge in [0, 0.05) is 30.3 Å². The average molecular weight is 226 g/mol. The third kappa shape index (κ3) is 3.19. The Balaban J connectivity index is 1.68. The summed E-state index contributed by atoms with van der Waals surface area (Å²) in [5.74, 6) is 0. The summed E-state index contributed by atoms with van der Waals surface area (Å²) in [6, 6.07) is 1.96. The highest BCUT2D eigenvalue weighted by Gasteiger charge is 2.13. The van der Waals surface area contributed by atoms with Gasteiger partial charge in [0.1, 0.15) is 0 Å². The predicted octanol–water partition coefficient (Wildman–Crippen LogP) is 1.99. The maximum absolute atomic E-state index is 5.80. The van der Waals surface area contributed by atoms with Crippen molar-refractivity contribution in [3.05, 3.63) is 16.3 Å². The minimum Gasteiger partial charge on any atom is -0.398 e. The van der Waals surface area contributed by atoms with E-state index in [-0.39, 0.29) is 0 Å². The zero-order chi connectivity index (χ0) is 10.5. The molecule has 1 fully saturated rings. The van der Waals surface area contributed by atoms with Gasteiger partial charge in [-0.3, -0.25) is 0 Å². The summed E-state index contributed by atoms with van der Waals surface area (Å²) in [5, 5.41) is 5.43. The maximum atomic E-state index is 5.80. The van der Waals surface area contributed by atoms with Crippen molar-refractivity contribution in [2.45, 2.75) is 31.9 Å². The first-order chi connectivity index (χ1) is 7.36. The quantitative estimate of drug-likeness (QED) is 0.825. The number of nitrogens with two attached hydrogens (primary N) is 1. The molecule has 84 valence electrons. The van der Waals surface area contributed by atoms with Gasteiger partial charge in [0.05, 0.1) is 6.10 Å². The molecule has 4 heteroatoms. The van der Waals surface area contributed by atoms with Crippen molar-refractivity contribution in [3.8, 4) is 0 Å². The van der Waals surface area contributed by atoms with Crippen molar-refractivity contribution in [3.63, 3.8) is 0 Å². The van der Waals surface area contributed by atoms with Crippen LogP contribution >= 0.6 is 11.3 Å². The normalized spacial score (nSPS) is 21.7. The monoisotopic (exact) mass is 226 g/mol. The molecule has 1 aromatic heterocycles. The summed E-state index contributed by atoms with van der Waals surface area (Å²) in [5.41, 5.74) is 6.70. The molecule has 15 heavy (non-hydrogen) atoms. The van der Waals surface area contributed by atoms with Crippen LogP contribution in [-0.2, 0) is 11.3 Å². The third-order valence-corrected chi connectivity index (χ3v) is 3.65. The molecule has 1 aliphatic heterocycles. The SMILES string of the molecule is Nc1ccsc1CNCC1CCCCO1. The highest BCUT2D eigenvalue weighted by atomic mass is 32.1. The van der Waals surface area contributed by atoms with Crippen molar-refractivity contribution in [1.29, 1.82) is 0 Å². The van der Waals surface area contributed by atoms with E-state index < -0.39 is 0 Å². The summed E-state index contributed by atoms with van der Waals surface area (Å²) in [6.45, 7) is 2.73. The summed E-state index contributed by atoms with van der Waals surface area (Å²) in [7, 11) is 0. The van der Waals surface area contributed by atoms with E-state index in [0.29, 0.717) is 6.10 Å². The lowest BCUT2D eigenvalue weighted by atomic mass is 10.1. The van der Waals surface area contributed by atoms with Gasteiger partial charge in [-0.1, -0.05) is 0 Å². The van der Waals surface area contributed by atoms with E-state index in [1.165, 1.54) is 24.1 Å². The maximum Gasteiger partial charge on any atom is 0.0699 e. The number of rotatable bonds is 4. The van der Waals surface area contributed by atoms with Gasteiger partial charge in [-0.25, -0.2) is 0 Å². The minimum atomic E-state index is 0.403. The first-order valence-corrected chi connectivity index (χ1v) is 6.38. The Morgan fingerprint density at radius 2 is 2.47 bits per heavy atom. The van der Waals surface area contributed by atoms with Gasteiger partial charge >= 0.3 is 0 Å². The smallest absolute Gasteiger partial charge is 0.0699 e. The molecule has 2 heterocycles. The lowest BCUT2D eigenvalue weighted by Crippen LogP contribution is -2.31. The van der Waals surface area contributed by atoms with Crippen LogP contribution in [0.2, 0.25) is 0 Å². The Labute approximate surface area is 94.6 Å². The Kier molecular flexibility index (Phi) is 4.00. The summed E-state index contributed by atoms with van der Waals surface area (Å²) in [6.07, 6.45) is 4.11. The molecular weight excluding hydrogens is 208 g/mol. The molecule has 0 bridgehead atoms. The highest BCUT2D eigenvalue weighted by Crippen LogP contribution is 2.18. The number of anilines is 1. The molecule has 0 spiro atoms. The van der Waals surface area contributed by atoms with Crippen LogP contribution in [0.5, 0.6) is 0 Å². The summed E-state index contributed by atoms with van der Waals surface area (Å²) < 4.78 is 5.64. The molecule has 0 saturated carbocycles. The topological polar surface area (TPSA) is 47.3 Å². The van der Waals surface area contributed by atoms with Crippen LogP contribution < -0.4 is 11.1 Å². The molecule has 1 saturated heterocycles. The molecule has 1 atom stereocenters. The van der Waals surface area contributed by atoms with Crippen LogP contribution in [0.4, 0.5) is 5.69 Å². The Morgan fingerprint density at radius 3 is 3.13 bits per heavy atom. The van der Waals surface area contributed by atoms with Crippen molar-refractivity contribution in [2.24, 2.45) is 0 Å². The molecule has 1 aliphatic rings. The largest absolute Gasteiger partial charge is 0.398 e. The molecule has 0 aliphatic carbocycles. The van der Waals surface area contributed by atoms with E-state index in [1.807, 2.05) is 11.4 Å². The molecule has 2 rings (SSSR count). The van der Waals surface area contributed by atoms with Gasteiger partial charge in [0.2, 0.25) is 0 Å². The Morgan fingerprint density at radius 1 is 1.53 bits per heavy atom. The number of hydrogen-bond donors (Lipinski definition) is 2. The zero-order valence-electron chi connectivity index (χ0n) is 8.87. The second kappa shape index (κ2) is 5.49. The van der Waals surface area contributed by atoms with Crippen LogP contribution in [0.1, 0.15) is 24.1 Å². The van der Waals surface area contributed by atoms with Gasteiger partial charge in [-0.15, -0.1) is 11.3 Å². The van der Waals surface area contributed by atoms with E-state index in [9.17, 15) is 0 Å². The van der Waals surface area contributed by atoms with Gasteiger partial charge in [0.15, 0.2) is 0 Å². The predicted molar refractivity (Wildman–Crippen MR) is 64.0 cm³/mol. The van der Waals surface area contributed by atoms with Crippen molar-refractivity contribution in [1.82, 2.24) is 5.32 Å².